The summed E-state index contributed by atoms with van der Waals surface area (Å²) in [6.07, 6.45) is 3.31. The minimum Gasteiger partial charge on any atom is -0.359 e. The van der Waals surface area contributed by atoms with Gasteiger partial charge in [0.1, 0.15) is 0 Å². The molecule has 1 aliphatic rings. The number of nitrogens with one attached hydrogen (secondary N) is 3. The topological polar surface area (TPSA) is 68.0 Å². The molecule has 1 aromatic heterocycles. The molecule has 0 radical (unpaired) electrons. The molecule has 1 aromatic rings. The third-order valence-electron chi connectivity index (χ3n) is 3.93. The summed E-state index contributed by atoms with van der Waals surface area (Å²) in [5, 5.41) is 0. The molecule has 2 rings (SSSR count). The minimum atomic E-state index is -3.44. The summed E-state index contributed by atoms with van der Waals surface area (Å²) in [5.74, 6) is 0. The molecule has 1 fully saturated rings. The van der Waals surface area contributed by atoms with E-state index in [1.54, 1.807) is 17.3 Å². The Morgan fingerprint density at radius 1 is 1.35 bits per heavy atom. The van der Waals surface area contributed by atoms with E-state index in [9.17, 15) is 8.42 Å². The molecule has 112 valence electrons. The normalized spacial score (nSPS) is 17.7. The van der Waals surface area contributed by atoms with Crippen molar-refractivity contribution in [3.05, 3.63) is 18.5 Å². The van der Waals surface area contributed by atoms with E-state index in [0.717, 1.165) is 31.9 Å². The number of pyridine rings is 1. The van der Waals surface area contributed by atoms with E-state index in [-0.39, 0.29) is 0 Å². The van der Waals surface area contributed by atoms with E-state index in [0.29, 0.717) is 10.9 Å². The lowest BCUT2D eigenvalue weighted by atomic mass is 10.2. The quantitative estimate of drug-likeness (QED) is 0.713. The summed E-state index contributed by atoms with van der Waals surface area (Å²) in [7, 11) is -2.00. The Labute approximate surface area is 120 Å². The van der Waals surface area contributed by atoms with Crippen LogP contribution in [0.2, 0.25) is 0 Å². The maximum Gasteiger partial charge on any atom is 0.248 e. The Hall–Kier alpha value is -1.18. The number of anilines is 1. The van der Waals surface area contributed by atoms with Gasteiger partial charge in [-0.2, -0.15) is 0 Å². The molecule has 1 saturated heterocycles. The van der Waals surface area contributed by atoms with E-state index in [4.69, 9.17) is 0 Å². The van der Waals surface area contributed by atoms with Gasteiger partial charge in [0.2, 0.25) is 10.0 Å². The van der Waals surface area contributed by atoms with Crippen molar-refractivity contribution in [2.24, 2.45) is 0 Å². The first-order valence-corrected chi connectivity index (χ1v) is 8.47. The first-order chi connectivity index (χ1) is 9.45. The van der Waals surface area contributed by atoms with Crippen LogP contribution in [0.15, 0.2) is 23.4 Å². The molecule has 0 amide bonds. The van der Waals surface area contributed by atoms with Gasteiger partial charge in [-0.1, -0.05) is 0 Å². The second-order valence-corrected chi connectivity index (χ2v) is 7.26. The third kappa shape index (κ3) is 3.11. The second kappa shape index (κ2) is 6.07. The van der Waals surface area contributed by atoms with Gasteiger partial charge in [0.15, 0.2) is 17.3 Å². The third-order valence-corrected chi connectivity index (χ3v) is 5.37. The van der Waals surface area contributed by atoms with Crippen molar-refractivity contribution < 1.29 is 18.3 Å². The van der Waals surface area contributed by atoms with Crippen LogP contribution in [-0.4, -0.2) is 47.7 Å². The maximum atomic E-state index is 12.1. The van der Waals surface area contributed by atoms with E-state index in [1.165, 1.54) is 7.05 Å². The van der Waals surface area contributed by atoms with Gasteiger partial charge in [0.25, 0.3) is 0 Å². The summed E-state index contributed by atoms with van der Waals surface area (Å²) in [5.41, 5.74) is 0.779. The summed E-state index contributed by atoms with van der Waals surface area (Å²) in [6, 6.07) is 2.45. The Bertz CT molecular complexity index is 551. The van der Waals surface area contributed by atoms with Crippen LogP contribution in [0.25, 0.3) is 0 Å². The first-order valence-electron chi connectivity index (χ1n) is 6.99. The van der Waals surface area contributed by atoms with E-state index in [2.05, 4.69) is 28.5 Å². The van der Waals surface area contributed by atoms with Crippen molar-refractivity contribution in [2.45, 2.75) is 24.8 Å². The van der Waals surface area contributed by atoms with Gasteiger partial charge in [-0.15, -0.1) is 0 Å². The van der Waals surface area contributed by atoms with Crippen molar-refractivity contribution in [1.29, 1.82) is 0 Å². The minimum absolute atomic E-state index is 0.315. The van der Waals surface area contributed by atoms with Crippen molar-refractivity contribution >= 4 is 15.7 Å². The van der Waals surface area contributed by atoms with Crippen LogP contribution in [0.5, 0.6) is 0 Å². The zero-order chi connectivity index (χ0) is 14.8. The monoisotopic (exact) mass is 300 g/mol. The van der Waals surface area contributed by atoms with Gasteiger partial charge in [-0.25, -0.2) is 18.1 Å². The van der Waals surface area contributed by atoms with E-state index in [1.807, 2.05) is 6.07 Å². The Morgan fingerprint density at radius 3 is 2.55 bits per heavy atom. The highest BCUT2D eigenvalue weighted by Gasteiger charge is 2.27. The van der Waals surface area contributed by atoms with Crippen molar-refractivity contribution in [2.75, 3.05) is 38.1 Å². The van der Waals surface area contributed by atoms with Crippen LogP contribution in [0.4, 0.5) is 5.69 Å². The van der Waals surface area contributed by atoms with Crippen molar-refractivity contribution in [3.8, 4) is 0 Å². The number of aromatic amines is 1. The largest absolute Gasteiger partial charge is 0.359 e. The van der Waals surface area contributed by atoms with E-state index < -0.39 is 10.0 Å². The van der Waals surface area contributed by atoms with Crippen LogP contribution >= 0.6 is 0 Å². The van der Waals surface area contributed by atoms with Crippen LogP contribution in [-0.2, 0) is 10.0 Å². The highest BCUT2D eigenvalue weighted by molar-refractivity contribution is 7.89. The summed E-state index contributed by atoms with van der Waals surface area (Å²) < 4.78 is 26.5. The number of piperazine rings is 1. The number of H-pyrrole nitrogens is 1. The number of aromatic nitrogens is 1. The van der Waals surface area contributed by atoms with E-state index >= 15 is 0 Å². The van der Waals surface area contributed by atoms with Crippen molar-refractivity contribution in [3.63, 3.8) is 0 Å². The van der Waals surface area contributed by atoms with Crippen LogP contribution in [0.1, 0.15) is 13.8 Å². The molecule has 0 saturated carbocycles. The van der Waals surface area contributed by atoms with Gasteiger partial charge in [-0.3, -0.25) is 0 Å². The Balaban J connectivity index is 2.23. The fourth-order valence-corrected chi connectivity index (χ4v) is 3.52. The standard InChI is InChI=1S/C13H22N4O2S/c1-11(2)16-6-8-17(9-7-16)12-4-5-15-10-13(12)20(18,19)14-3/h4-5,10-11,14H,6-9H2,1-3H3/p+2. The Morgan fingerprint density at radius 2 is 2.00 bits per heavy atom. The fraction of sp³-hybridized carbons (Fsp3) is 0.615. The number of hydrogen-bond donors (Lipinski definition) is 2. The van der Waals surface area contributed by atoms with Crippen molar-refractivity contribution in [1.82, 2.24) is 4.72 Å². The zero-order valence-corrected chi connectivity index (χ0v) is 13.1. The number of sulfonamides is 1. The Kier molecular flexibility index (Phi) is 4.62. The van der Waals surface area contributed by atoms with Crippen LogP contribution < -0.4 is 19.5 Å². The SMILES string of the molecule is CNS(=O)(=O)c1c[nH+]ccc1N1CC[NH+](C(C)C)CC1. The molecule has 0 aliphatic carbocycles. The number of quaternary nitrogens is 1. The molecule has 0 bridgehead atoms. The molecule has 0 unspecified atom stereocenters. The molecule has 0 spiro atoms. The van der Waals surface area contributed by atoms with Crippen LogP contribution in [0.3, 0.4) is 0 Å². The molecule has 0 aromatic carbocycles. The van der Waals surface area contributed by atoms with Gasteiger partial charge in [-0.05, 0) is 20.9 Å². The molecule has 1 aliphatic heterocycles. The first kappa shape index (κ1) is 15.2. The van der Waals surface area contributed by atoms with Gasteiger partial charge in [0.05, 0.1) is 37.9 Å². The number of rotatable bonds is 4. The van der Waals surface area contributed by atoms with Gasteiger partial charge < -0.3 is 9.80 Å². The average molecular weight is 300 g/mol. The number of hydrogen-bond acceptors (Lipinski definition) is 3. The molecule has 7 heteroatoms. The lowest BCUT2D eigenvalue weighted by Crippen LogP contribution is -3.17. The molecule has 2 heterocycles. The predicted molar refractivity (Wildman–Crippen MR) is 77.3 cm³/mol. The van der Waals surface area contributed by atoms with Gasteiger partial charge in [0, 0.05) is 6.07 Å². The highest BCUT2D eigenvalue weighted by Crippen LogP contribution is 2.22. The summed E-state index contributed by atoms with van der Waals surface area (Å²) in [4.78, 5) is 6.90. The van der Waals surface area contributed by atoms with Crippen LogP contribution in [0, 0.1) is 0 Å². The highest BCUT2D eigenvalue weighted by atomic mass is 32.2. The molecular weight excluding hydrogens is 276 g/mol. The van der Waals surface area contributed by atoms with Gasteiger partial charge >= 0.3 is 0 Å². The lowest BCUT2D eigenvalue weighted by molar-refractivity contribution is -0.921. The molecule has 6 nitrogen and oxygen atoms in total. The zero-order valence-electron chi connectivity index (χ0n) is 12.3. The molecule has 20 heavy (non-hydrogen) atoms. The molecule has 0 atom stereocenters. The summed E-state index contributed by atoms with van der Waals surface area (Å²) in [6.45, 7) is 8.27. The lowest BCUT2D eigenvalue weighted by Gasteiger charge is -2.35. The average Bonchev–Trinajstić information content (AvgIpc) is 2.47. The molecule has 3 N–H and O–H groups in total. The smallest absolute Gasteiger partial charge is 0.248 e. The maximum absolute atomic E-state index is 12.1. The molecular formula is C13H24N4O2S+2. The predicted octanol–water partition coefficient (Wildman–Crippen LogP) is -1.48. The summed E-state index contributed by atoms with van der Waals surface area (Å²) >= 11 is 0. The fourth-order valence-electron chi connectivity index (χ4n) is 2.61. The number of nitrogens with zero attached hydrogens (tertiary/aromatic N) is 1. The second-order valence-electron chi connectivity index (χ2n) is 5.40.